The number of esters is 3. The molecule has 0 aromatic carbocycles. The second-order valence-corrected chi connectivity index (χ2v) is 19.2. The van der Waals surface area contributed by atoms with Gasteiger partial charge < -0.3 is 14.2 Å². The van der Waals surface area contributed by atoms with Crippen LogP contribution in [0.2, 0.25) is 0 Å². The topological polar surface area (TPSA) is 78.9 Å². The standard InChI is InChI=1S/C59H108O6/c1-4-7-10-13-16-19-22-25-28-29-32-34-37-40-43-46-49-52-58(61)64-55-56(65-59(62)53-50-47-44-41-38-35-31-27-24-21-18-15-12-9-6-3)54-63-57(60)51-48-45-42-39-36-33-30-26-23-20-17-14-11-8-5-2/h16,19,21,24-25,28,56H,4-15,17-18,20,22-23,26-27,29-55H2,1-3H3/b19-16-,24-21-,28-25-. The third-order valence-electron chi connectivity index (χ3n) is 12.6. The first-order valence-electron chi connectivity index (χ1n) is 28.5. The SMILES string of the molecule is CCCCC/C=C\C/C=C\CCCCCCCCCC(=O)OCC(COC(=O)CCCCCCCCCCCCCCCCC)OC(=O)CCCCCCCCC/C=C\CCCCCC. The molecule has 0 saturated carbocycles. The van der Waals surface area contributed by atoms with E-state index in [-0.39, 0.29) is 31.1 Å². The molecule has 0 radical (unpaired) electrons. The minimum atomic E-state index is -0.774. The summed E-state index contributed by atoms with van der Waals surface area (Å²) in [5, 5.41) is 0. The maximum atomic E-state index is 12.8. The molecule has 0 rings (SSSR count). The summed E-state index contributed by atoms with van der Waals surface area (Å²) in [4.78, 5) is 38.1. The van der Waals surface area contributed by atoms with Gasteiger partial charge in [-0.15, -0.1) is 0 Å². The Hall–Kier alpha value is -2.37. The van der Waals surface area contributed by atoms with Gasteiger partial charge in [-0.1, -0.05) is 243 Å². The molecule has 0 aliphatic rings. The average molecular weight is 914 g/mol. The molecule has 0 fully saturated rings. The van der Waals surface area contributed by atoms with Gasteiger partial charge in [-0.3, -0.25) is 14.4 Å². The van der Waals surface area contributed by atoms with Crippen LogP contribution in [-0.4, -0.2) is 37.2 Å². The van der Waals surface area contributed by atoms with Gasteiger partial charge in [0.2, 0.25) is 0 Å². The van der Waals surface area contributed by atoms with Crippen LogP contribution in [0.1, 0.15) is 303 Å². The van der Waals surface area contributed by atoms with Crippen molar-refractivity contribution in [1.82, 2.24) is 0 Å². The highest BCUT2D eigenvalue weighted by molar-refractivity contribution is 5.71. The quantitative estimate of drug-likeness (QED) is 0.0262. The zero-order valence-corrected chi connectivity index (χ0v) is 43.5. The van der Waals surface area contributed by atoms with Crippen molar-refractivity contribution in [2.24, 2.45) is 0 Å². The summed E-state index contributed by atoms with van der Waals surface area (Å²) >= 11 is 0. The maximum absolute atomic E-state index is 12.8. The van der Waals surface area contributed by atoms with Crippen molar-refractivity contribution < 1.29 is 28.6 Å². The Bertz CT molecular complexity index is 1090. The van der Waals surface area contributed by atoms with Crippen LogP contribution in [0.5, 0.6) is 0 Å². The molecule has 0 aliphatic carbocycles. The molecule has 6 nitrogen and oxygen atoms in total. The lowest BCUT2D eigenvalue weighted by atomic mass is 10.0. The van der Waals surface area contributed by atoms with Crippen LogP contribution in [0.25, 0.3) is 0 Å². The lowest BCUT2D eigenvalue weighted by molar-refractivity contribution is -0.167. The number of carbonyl (C=O) groups excluding carboxylic acids is 3. The molecule has 1 unspecified atom stereocenters. The summed E-state index contributed by atoms with van der Waals surface area (Å²) in [6.07, 6.45) is 64.1. The summed E-state index contributed by atoms with van der Waals surface area (Å²) < 4.78 is 16.9. The zero-order chi connectivity index (χ0) is 47.2. The maximum Gasteiger partial charge on any atom is 0.306 e. The lowest BCUT2D eigenvalue weighted by Gasteiger charge is -2.18. The second kappa shape index (κ2) is 54.2. The number of carbonyl (C=O) groups is 3. The molecule has 65 heavy (non-hydrogen) atoms. The molecule has 0 aromatic heterocycles. The lowest BCUT2D eigenvalue weighted by Crippen LogP contribution is -2.30. The van der Waals surface area contributed by atoms with E-state index in [0.29, 0.717) is 19.3 Å². The first-order valence-corrected chi connectivity index (χ1v) is 28.5. The molecular formula is C59H108O6. The van der Waals surface area contributed by atoms with Crippen molar-refractivity contribution in [3.05, 3.63) is 36.5 Å². The van der Waals surface area contributed by atoms with Crippen LogP contribution in [0, 0.1) is 0 Å². The second-order valence-electron chi connectivity index (χ2n) is 19.2. The monoisotopic (exact) mass is 913 g/mol. The Kier molecular flexibility index (Phi) is 52.3. The van der Waals surface area contributed by atoms with Gasteiger partial charge in [0.15, 0.2) is 6.10 Å². The van der Waals surface area contributed by atoms with Crippen molar-refractivity contribution >= 4 is 17.9 Å². The van der Waals surface area contributed by atoms with E-state index in [1.54, 1.807) is 0 Å². The van der Waals surface area contributed by atoms with Gasteiger partial charge in [0.1, 0.15) is 13.2 Å². The molecular weight excluding hydrogens is 805 g/mol. The first kappa shape index (κ1) is 62.6. The Morgan fingerprint density at radius 3 is 0.908 bits per heavy atom. The molecule has 0 N–H and O–H groups in total. The fraction of sp³-hybridized carbons (Fsp3) is 0.847. The Morgan fingerprint density at radius 2 is 0.554 bits per heavy atom. The predicted molar refractivity (Wildman–Crippen MR) is 279 cm³/mol. The third kappa shape index (κ3) is 52.5. The normalized spacial score (nSPS) is 12.2. The van der Waals surface area contributed by atoms with Crippen LogP contribution in [-0.2, 0) is 28.6 Å². The van der Waals surface area contributed by atoms with Crippen LogP contribution in [0.4, 0.5) is 0 Å². The van der Waals surface area contributed by atoms with Gasteiger partial charge in [-0.05, 0) is 77.0 Å². The highest BCUT2D eigenvalue weighted by Crippen LogP contribution is 2.16. The first-order chi connectivity index (χ1) is 32.0. The van der Waals surface area contributed by atoms with Crippen molar-refractivity contribution in [1.29, 1.82) is 0 Å². The number of hydrogen-bond donors (Lipinski definition) is 0. The van der Waals surface area contributed by atoms with E-state index < -0.39 is 6.10 Å². The predicted octanol–water partition coefficient (Wildman–Crippen LogP) is 18.9. The zero-order valence-electron chi connectivity index (χ0n) is 43.5. The summed E-state index contributed by atoms with van der Waals surface area (Å²) in [7, 11) is 0. The van der Waals surface area contributed by atoms with E-state index in [4.69, 9.17) is 14.2 Å². The highest BCUT2D eigenvalue weighted by Gasteiger charge is 2.19. The van der Waals surface area contributed by atoms with Gasteiger partial charge in [-0.2, -0.15) is 0 Å². The van der Waals surface area contributed by atoms with Crippen molar-refractivity contribution in [3.8, 4) is 0 Å². The molecule has 0 aliphatic heterocycles. The van der Waals surface area contributed by atoms with Crippen molar-refractivity contribution in [3.63, 3.8) is 0 Å². The highest BCUT2D eigenvalue weighted by atomic mass is 16.6. The molecule has 6 heteroatoms. The van der Waals surface area contributed by atoms with E-state index in [1.165, 1.54) is 193 Å². The van der Waals surface area contributed by atoms with Crippen LogP contribution >= 0.6 is 0 Å². The summed E-state index contributed by atoms with van der Waals surface area (Å²) in [6.45, 7) is 6.63. The fourth-order valence-corrected chi connectivity index (χ4v) is 8.29. The van der Waals surface area contributed by atoms with E-state index in [9.17, 15) is 14.4 Å². The van der Waals surface area contributed by atoms with Crippen LogP contribution in [0.15, 0.2) is 36.5 Å². The number of ether oxygens (including phenoxy) is 3. The van der Waals surface area contributed by atoms with Crippen LogP contribution < -0.4 is 0 Å². The molecule has 0 amide bonds. The molecule has 0 saturated heterocycles. The van der Waals surface area contributed by atoms with E-state index >= 15 is 0 Å². The molecule has 0 aromatic rings. The van der Waals surface area contributed by atoms with Crippen molar-refractivity contribution in [2.75, 3.05) is 13.2 Å². The van der Waals surface area contributed by atoms with Gasteiger partial charge in [0.05, 0.1) is 0 Å². The summed E-state index contributed by atoms with van der Waals surface area (Å²) in [6, 6.07) is 0. The van der Waals surface area contributed by atoms with E-state index in [0.717, 1.165) is 70.6 Å². The van der Waals surface area contributed by atoms with E-state index in [2.05, 4.69) is 57.2 Å². The average Bonchev–Trinajstić information content (AvgIpc) is 3.30. The van der Waals surface area contributed by atoms with Gasteiger partial charge in [-0.25, -0.2) is 0 Å². The molecule has 0 bridgehead atoms. The van der Waals surface area contributed by atoms with Gasteiger partial charge >= 0.3 is 17.9 Å². The van der Waals surface area contributed by atoms with Crippen LogP contribution in [0.3, 0.4) is 0 Å². The Balaban J connectivity index is 4.36. The Labute approximate surface area is 404 Å². The minimum absolute atomic E-state index is 0.0728. The third-order valence-corrected chi connectivity index (χ3v) is 12.6. The number of rotatable bonds is 52. The minimum Gasteiger partial charge on any atom is -0.462 e. The van der Waals surface area contributed by atoms with E-state index in [1.807, 2.05) is 0 Å². The molecule has 1 atom stereocenters. The molecule has 380 valence electrons. The number of hydrogen-bond acceptors (Lipinski definition) is 6. The largest absolute Gasteiger partial charge is 0.462 e. The Morgan fingerprint density at radius 1 is 0.308 bits per heavy atom. The van der Waals surface area contributed by atoms with Gasteiger partial charge in [0.25, 0.3) is 0 Å². The van der Waals surface area contributed by atoms with Gasteiger partial charge in [0, 0.05) is 19.3 Å². The number of unbranched alkanes of at least 4 members (excludes halogenated alkanes) is 35. The molecule has 0 spiro atoms. The summed E-state index contributed by atoms with van der Waals surface area (Å²) in [5.74, 6) is -0.869. The molecule has 0 heterocycles. The smallest absolute Gasteiger partial charge is 0.306 e. The summed E-state index contributed by atoms with van der Waals surface area (Å²) in [5.41, 5.74) is 0. The number of allylic oxidation sites excluding steroid dienone is 6. The van der Waals surface area contributed by atoms with Crippen molar-refractivity contribution in [2.45, 2.75) is 309 Å². The fourth-order valence-electron chi connectivity index (χ4n) is 8.29.